The Hall–Kier alpha value is -3.42. The van der Waals surface area contributed by atoms with Crippen molar-refractivity contribution in [2.75, 3.05) is 13.2 Å². The average Bonchev–Trinajstić information content (AvgIpc) is 3.28. The van der Waals surface area contributed by atoms with Crippen molar-refractivity contribution in [3.8, 4) is 34.4 Å². The van der Waals surface area contributed by atoms with Crippen LogP contribution in [0.15, 0.2) is 39.4 Å². The molecule has 0 unspecified atom stereocenters. The van der Waals surface area contributed by atoms with Gasteiger partial charge in [0.15, 0.2) is 11.5 Å². The van der Waals surface area contributed by atoms with Gasteiger partial charge in [-0.2, -0.15) is 0 Å². The van der Waals surface area contributed by atoms with Gasteiger partial charge in [0.05, 0.1) is 16.6 Å². The molecule has 0 bridgehead atoms. The van der Waals surface area contributed by atoms with Crippen LogP contribution in [0.3, 0.4) is 0 Å². The van der Waals surface area contributed by atoms with Crippen molar-refractivity contribution in [3.05, 3.63) is 36.2 Å². The van der Waals surface area contributed by atoms with E-state index >= 15 is 0 Å². The molecule has 1 fully saturated rings. The molecule has 0 spiro atoms. The second-order valence-electron chi connectivity index (χ2n) is 6.69. The number of fused-ring (bicyclic) bond motifs is 2. The Labute approximate surface area is 153 Å². The third-order valence-corrected chi connectivity index (χ3v) is 4.78. The van der Waals surface area contributed by atoms with E-state index in [2.05, 4.69) is 20.3 Å². The first-order chi connectivity index (χ1) is 13.3. The van der Waals surface area contributed by atoms with E-state index in [1.165, 1.54) is 0 Å². The minimum atomic E-state index is 0.400. The van der Waals surface area contributed by atoms with Crippen LogP contribution in [0.5, 0.6) is 11.5 Å². The first kappa shape index (κ1) is 14.7. The number of rotatable bonds is 3. The number of aromatic nitrogens is 4. The number of benzene rings is 1. The quantitative estimate of drug-likeness (QED) is 0.545. The summed E-state index contributed by atoms with van der Waals surface area (Å²) < 4.78 is 22.4. The molecule has 0 saturated heterocycles. The van der Waals surface area contributed by atoms with Crippen LogP contribution in [-0.4, -0.2) is 33.6 Å². The SMILES string of the molecule is c1cc2c(cc1-c1nnc(-c3cnc4onc(C5CC5)c4c3)o1)OCCO2. The maximum absolute atomic E-state index is 5.88. The van der Waals surface area contributed by atoms with Gasteiger partial charge < -0.3 is 18.4 Å². The van der Waals surface area contributed by atoms with E-state index in [0.717, 1.165) is 40.8 Å². The number of pyridine rings is 1. The van der Waals surface area contributed by atoms with E-state index in [9.17, 15) is 0 Å². The van der Waals surface area contributed by atoms with E-state index in [0.29, 0.717) is 42.4 Å². The Bertz CT molecular complexity index is 1160. The molecule has 1 aliphatic heterocycles. The standard InChI is InChI=1S/C19H14N4O4/c1-2-10(1)16-13-7-12(9-20-19(13)27-23-16)18-22-21-17(26-18)11-3-4-14-15(8-11)25-6-5-24-14/h3-4,7-10H,1-2,5-6H2. The Kier molecular flexibility index (Phi) is 3.02. The van der Waals surface area contributed by atoms with Crippen LogP contribution in [0.25, 0.3) is 34.0 Å². The van der Waals surface area contributed by atoms with Gasteiger partial charge in [-0.1, -0.05) is 5.16 Å². The molecule has 2 aliphatic rings. The first-order valence-electron chi connectivity index (χ1n) is 8.84. The van der Waals surface area contributed by atoms with Crippen LogP contribution >= 0.6 is 0 Å². The highest BCUT2D eigenvalue weighted by Gasteiger charge is 2.29. The molecule has 0 radical (unpaired) electrons. The number of nitrogens with zero attached hydrogens (tertiary/aromatic N) is 4. The fraction of sp³-hybridized carbons (Fsp3) is 0.263. The highest BCUT2D eigenvalue weighted by molar-refractivity contribution is 5.81. The van der Waals surface area contributed by atoms with Crippen LogP contribution in [0.1, 0.15) is 24.5 Å². The molecule has 27 heavy (non-hydrogen) atoms. The van der Waals surface area contributed by atoms with E-state index in [-0.39, 0.29) is 0 Å². The molecule has 4 aromatic rings. The highest BCUT2D eigenvalue weighted by atomic mass is 16.6. The zero-order chi connectivity index (χ0) is 17.8. The van der Waals surface area contributed by atoms with Crippen LogP contribution in [0.2, 0.25) is 0 Å². The zero-order valence-corrected chi connectivity index (χ0v) is 14.2. The Morgan fingerprint density at radius 1 is 0.889 bits per heavy atom. The molecule has 134 valence electrons. The summed E-state index contributed by atoms with van der Waals surface area (Å²) in [6.07, 6.45) is 3.94. The summed E-state index contributed by atoms with van der Waals surface area (Å²) in [5, 5.41) is 13.4. The fourth-order valence-corrected chi connectivity index (χ4v) is 3.25. The van der Waals surface area contributed by atoms with Crippen molar-refractivity contribution in [1.82, 2.24) is 20.3 Å². The normalized spacial score (nSPS) is 16.0. The maximum atomic E-state index is 5.88. The predicted octanol–water partition coefficient (Wildman–Crippen LogP) is 3.59. The van der Waals surface area contributed by atoms with Gasteiger partial charge in [0, 0.05) is 17.7 Å². The molecule has 8 nitrogen and oxygen atoms in total. The predicted molar refractivity (Wildman–Crippen MR) is 93.5 cm³/mol. The highest BCUT2D eigenvalue weighted by Crippen LogP contribution is 2.42. The second kappa shape index (κ2) is 5.54. The summed E-state index contributed by atoms with van der Waals surface area (Å²) >= 11 is 0. The van der Waals surface area contributed by atoms with Gasteiger partial charge in [-0.3, -0.25) is 0 Å². The number of hydrogen-bond acceptors (Lipinski definition) is 8. The molecule has 6 rings (SSSR count). The molecule has 0 atom stereocenters. The first-order valence-corrected chi connectivity index (χ1v) is 8.84. The Morgan fingerprint density at radius 3 is 2.56 bits per heavy atom. The molecular weight excluding hydrogens is 348 g/mol. The molecule has 8 heteroatoms. The largest absolute Gasteiger partial charge is 0.486 e. The van der Waals surface area contributed by atoms with E-state index in [1.807, 2.05) is 24.3 Å². The summed E-state index contributed by atoms with van der Waals surface area (Å²) in [6.45, 7) is 1.08. The molecule has 4 heterocycles. The lowest BCUT2D eigenvalue weighted by Crippen LogP contribution is -2.15. The summed E-state index contributed by atoms with van der Waals surface area (Å²) in [7, 11) is 0. The second-order valence-corrected chi connectivity index (χ2v) is 6.69. The molecular formula is C19H14N4O4. The third kappa shape index (κ3) is 2.44. The molecule has 3 aromatic heterocycles. The third-order valence-electron chi connectivity index (χ3n) is 4.78. The van der Waals surface area contributed by atoms with Gasteiger partial charge in [0.25, 0.3) is 5.71 Å². The number of ether oxygens (including phenoxy) is 2. The fourth-order valence-electron chi connectivity index (χ4n) is 3.25. The molecule has 0 N–H and O–H groups in total. The van der Waals surface area contributed by atoms with Gasteiger partial charge in [-0.05, 0) is 37.1 Å². The minimum absolute atomic E-state index is 0.400. The van der Waals surface area contributed by atoms with E-state index in [1.54, 1.807) is 6.20 Å². The molecule has 1 aromatic carbocycles. The van der Waals surface area contributed by atoms with Crippen molar-refractivity contribution < 1.29 is 18.4 Å². The van der Waals surface area contributed by atoms with Crippen LogP contribution in [0.4, 0.5) is 0 Å². The summed E-state index contributed by atoms with van der Waals surface area (Å²) in [5.74, 6) is 2.69. The minimum Gasteiger partial charge on any atom is -0.486 e. The van der Waals surface area contributed by atoms with Crippen molar-refractivity contribution >= 4 is 11.1 Å². The van der Waals surface area contributed by atoms with Crippen molar-refractivity contribution in [1.29, 1.82) is 0 Å². The number of hydrogen-bond donors (Lipinski definition) is 0. The molecule has 1 aliphatic carbocycles. The van der Waals surface area contributed by atoms with Gasteiger partial charge >= 0.3 is 0 Å². The summed E-state index contributed by atoms with van der Waals surface area (Å²) in [4.78, 5) is 4.33. The lowest BCUT2D eigenvalue weighted by molar-refractivity contribution is 0.171. The lowest BCUT2D eigenvalue weighted by atomic mass is 10.1. The van der Waals surface area contributed by atoms with Gasteiger partial charge in [-0.25, -0.2) is 4.98 Å². The van der Waals surface area contributed by atoms with Gasteiger partial charge in [-0.15, -0.1) is 10.2 Å². The molecule has 0 amide bonds. The summed E-state index contributed by atoms with van der Waals surface area (Å²) in [6, 6.07) is 7.52. The van der Waals surface area contributed by atoms with E-state index in [4.69, 9.17) is 18.4 Å². The smallest absolute Gasteiger partial charge is 0.257 e. The Balaban J connectivity index is 1.37. The van der Waals surface area contributed by atoms with E-state index < -0.39 is 0 Å². The monoisotopic (exact) mass is 362 g/mol. The van der Waals surface area contributed by atoms with Crippen LogP contribution < -0.4 is 9.47 Å². The zero-order valence-electron chi connectivity index (χ0n) is 14.2. The van der Waals surface area contributed by atoms with Crippen LogP contribution in [-0.2, 0) is 0 Å². The topological polar surface area (TPSA) is 96.3 Å². The van der Waals surface area contributed by atoms with Gasteiger partial charge in [0.2, 0.25) is 11.8 Å². The van der Waals surface area contributed by atoms with Crippen molar-refractivity contribution in [2.24, 2.45) is 0 Å². The summed E-state index contributed by atoms with van der Waals surface area (Å²) in [5.41, 5.74) is 3.01. The average molecular weight is 362 g/mol. The van der Waals surface area contributed by atoms with Gasteiger partial charge in [0.1, 0.15) is 13.2 Å². The molecule has 1 saturated carbocycles. The van der Waals surface area contributed by atoms with Crippen molar-refractivity contribution in [2.45, 2.75) is 18.8 Å². The Morgan fingerprint density at radius 2 is 1.70 bits per heavy atom. The van der Waals surface area contributed by atoms with Crippen molar-refractivity contribution in [3.63, 3.8) is 0 Å². The maximum Gasteiger partial charge on any atom is 0.257 e. The van der Waals surface area contributed by atoms with Crippen LogP contribution in [0, 0.1) is 0 Å². The lowest BCUT2D eigenvalue weighted by Gasteiger charge is -2.18.